The summed E-state index contributed by atoms with van der Waals surface area (Å²) in [6.45, 7) is -1.79. The van der Waals surface area contributed by atoms with E-state index in [1.807, 2.05) is 5.32 Å². The summed E-state index contributed by atoms with van der Waals surface area (Å²) in [4.78, 5) is 11.4. The third kappa shape index (κ3) is 3.56. The number of carbonyl (C=O) groups is 1. The Hall–Kier alpha value is -1.89. The van der Waals surface area contributed by atoms with Gasteiger partial charge in [-0.15, -0.1) is 0 Å². The van der Waals surface area contributed by atoms with Crippen LogP contribution >= 0.6 is 0 Å². The minimum Gasteiger partial charge on any atom is -0.508 e. The molecule has 0 aliphatic carbocycles. The number of alkyl halides is 2. The van der Waals surface area contributed by atoms with Crippen LogP contribution in [0.15, 0.2) is 18.2 Å². The van der Waals surface area contributed by atoms with Crippen molar-refractivity contribution in [1.29, 1.82) is 0 Å². The number of phenols is 2. The lowest BCUT2D eigenvalue weighted by molar-refractivity contribution is 0.0118. The fourth-order valence-electron chi connectivity index (χ4n) is 1.09. The number of aromatic hydroxyl groups is 2. The average Bonchev–Trinajstić information content (AvgIpc) is 2.26. The van der Waals surface area contributed by atoms with Crippen molar-refractivity contribution in [3.63, 3.8) is 0 Å². The first kappa shape index (κ1) is 13.2. The number of carbonyl (C=O) groups excluding carboxylic acids is 1. The third-order valence-electron chi connectivity index (χ3n) is 2.03. The molecule has 7 heteroatoms. The predicted molar refractivity (Wildman–Crippen MR) is 56.1 cm³/mol. The number of phenolic OH excluding ortho intramolecular Hbond substituents is 2. The number of nitrogens with one attached hydrogen (secondary N) is 1. The van der Waals surface area contributed by atoms with Crippen molar-refractivity contribution in [3.8, 4) is 11.5 Å². The largest absolute Gasteiger partial charge is 0.508 e. The molecule has 1 rings (SSSR count). The van der Waals surface area contributed by atoms with Gasteiger partial charge in [0.15, 0.2) is 0 Å². The first-order chi connectivity index (χ1) is 7.85. The standard InChI is InChI=1S/C10H12F2N2O3/c11-10(12,4-13)5-14-9(17)7-2-1-6(15)3-8(7)16/h1-3,15-16H,4-5,13H2,(H,14,17). The highest BCUT2D eigenvalue weighted by Crippen LogP contribution is 2.22. The van der Waals surface area contributed by atoms with Crippen LogP contribution in [0.5, 0.6) is 11.5 Å². The van der Waals surface area contributed by atoms with E-state index in [1.54, 1.807) is 0 Å². The van der Waals surface area contributed by atoms with Crippen LogP contribution in [0.25, 0.3) is 0 Å². The molecule has 0 fully saturated rings. The van der Waals surface area contributed by atoms with Gasteiger partial charge in [0, 0.05) is 6.07 Å². The van der Waals surface area contributed by atoms with Gasteiger partial charge in [-0.2, -0.15) is 0 Å². The summed E-state index contributed by atoms with van der Waals surface area (Å²) in [6, 6.07) is 3.23. The van der Waals surface area contributed by atoms with E-state index in [0.29, 0.717) is 0 Å². The van der Waals surface area contributed by atoms with Crippen LogP contribution in [0.3, 0.4) is 0 Å². The number of nitrogens with two attached hydrogens (primary N) is 1. The molecule has 0 aliphatic rings. The van der Waals surface area contributed by atoms with Crippen LogP contribution in [0, 0.1) is 0 Å². The van der Waals surface area contributed by atoms with Crippen molar-refractivity contribution >= 4 is 5.91 Å². The molecule has 0 heterocycles. The lowest BCUT2D eigenvalue weighted by atomic mass is 10.1. The lowest BCUT2D eigenvalue weighted by Crippen LogP contribution is -2.41. The van der Waals surface area contributed by atoms with Crippen molar-refractivity contribution < 1.29 is 23.8 Å². The zero-order valence-electron chi connectivity index (χ0n) is 8.78. The number of hydrogen-bond donors (Lipinski definition) is 4. The Labute approximate surface area is 95.9 Å². The van der Waals surface area contributed by atoms with Gasteiger partial charge < -0.3 is 21.3 Å². The fraction of sp³-hybridized carbons (Fsp3) is 0.300. The number of hydrogen-bond acceptors (Lipinski definition) is 4. The fourth-order valence-corrected chi connectivity index (χ4v) is 1.09. The normalized spacial score (nSPS) is 11.2. The van der Waals surface area contributed by atoms with E-state index in [2.05, 4.69) is 0 Å². The molecule has 0 unspecified atom stereocenters. The van der Waals surface area contributed by atoms with Crippen LogP contribution in [-0.2, 0) is 0 Å². The first-order valence-electron chi connectivity index (χ1n) is 4.74. The van der Waals surface area contributed by atoms with E-state index in [0.717, 1.165) is 18.2 Å². The number of amides is 1. The Bertz CT molecular complexity index is 424. The van der Waals surface area contributed by atoms with Gasteiger partial charge in [0.1, 0.15) is 11.5 Å². The SMILES string of the molecule is NCC(F)(F)CNC(=O)c1ccc(O)cc1O. The van der Waals surface area contributed by atoms with Gasteiger partial charge in [-0.05, 0) is 12.1 Å². The first-order valence-corrected chi connectivity index (χ1v) is 4.74. The Kier molecular flexibility index (Phi) is 3.84. The van der Waals surface area contributed by atoms with E-state index in [9.17, 15) is 18.7 Å². The molecule has 17 heavy (non-hydrogen) atoms. The number of halogens is 2. The molecule has 5 nitrogen and oxygen atoms in total. The third-order valence-corrected chi connectivity index (χ3v) is 2.03. The Morgan fingerprint density at radius 2 is 2.06 bits per heavy atom. The molecule has 0 bridgehead atoms. The Balaban J connectivity index is 2.71. The van der Waals surface area contributed by atoms with Gasteiger partial charge in [0.25, 0.3) is 11.8 Å². The lowest BCUT2D eigenvalue weighted by Gasteiger charge is -2.14. The van der Waals surface area contributed by atoms with Gasteiger partial charge in [-0.25, -0.2) is 8.78 Å². The van der Waals surface area contributed by atoms with Crippen LogP contribution < -0.4 is 11.1 Å². The van der Waals surface area contributed by atoms with Crippen LogP contribution in [0.4, 0.5) is 8.78 Å². The minimum absolute atomic E-state index is 0.198. The summed E-state index contributed by atoms with van der Waals surface area (Å²) in [6.07, 6.45) is 0. The van der Waals surface area contributed by atoms with Gasteiger partial charge in [0.2, 0.25) is 0 Å². The second-order valence-corrected chi connectivity index (χ2v) is 3.44. The van der Waals surface area contributed by atoms with Crippen LogP contribution in [0.2, 0.25) is 0 Å². The van der Waals surface area contributed by atoms with E-state index in [1.165, 1.54) is 0 Å². The summed E-state index contributed by atoms with van der Waals surface area (Å²) >= 11 is 0. The van der Waals surface area contributed by atoms with Gasteiger partial charge in [-0.1, -0.05) is 0 Å². The van der Waals surface area contributed by atoms with E-state index in [-0.39, 0.29) is 11.3 Å². The molecule has 0 saturated heterocycles. The number of rotatable bonds is 4. The van der Waals surface area contributed by atoms with Crippen molar-refractivity contribution in [2.75, 3.05) is 13.1 Å². The average molecular weight is 246 g/mol. The van der Waals surface area contributed by atoms with Crippen molar-refractivity contribution in [3.05, 3.63) is 23.8 Å². The Morgan fingerprint density at radius 1 is 1.41 bits per heavy atom. The highest BCUT2D eigenvalue weighted by Gasteiger charge is 2.27. The zero-order valence-corrected chi connectivity index (χ0v) is 8.78. The molecule has 1 amide bonds. The topological polar surface area (TPSA) is 95.6 Å². The van der Waals surface area contributed by atoms with E-state index >= 15 is 0 Å². The monoisotopic (exact) mass is 246 g/mol. The number of benzene rings is 1. The Morgan fingerprint density at radius 3 is 2.59 bits per heavy atom. The summed E-state index contributed by atoms with van der Waals surface area (Å²) in [7, 11) is 0. The summed E-state index contributed by atoms with van der Waals surface area (Å²) in [5, 5.41) is 20.2. The van der Waals surface area contributed by atoms with Gasteiger partial charge >= 0.3 is 0 Å². The molecule has 0 atom stereocenters. The molecule has 1 aromatic rings. The highest BCUT2D eigenvalue weighted by molar-refractivity contribution is 5.97. The molecular formula is C10H12F2N2O3. The molecular weight excluding hydrogens is 234 g/mol. The van der Waals surface area contributed by atoms with Gasteiger partial charge in [0.05, 0.1) is 18.7 Å². The smallest absolute Gasteiger partial charge is 0.277 e. The van der Waals surface area contributed by atoms with Crippen LogP contribution in [0.1, 0.15) is 10.4 Å². The van der Waals surface area contributed by atoms with Crippen LogP contribution in [-0.4, -0.2) is 35.1 Å². The quantitative estimate of drug-likeness (QED) is 0.619. The molecule has 5 N–H and O–H groups in total. The molecule has 0 aromatic heterocycles. The van der Waals surface area contributed by atoms with Gasteiger partial charge in [-0.3, -0.25) is 4.79 Å². The van der Waals surface area contributed by atoms with E-state index < -0.39 is 30.7 Å². The highest BCUT2D eigenvalue weighted by atomic mass is 19.3. The predicted octanol–water partition coefficient (Wildman–Crippen LogP) is 0.422. The molecule has 0 saturated carbocycles. The van der Waals surface area contributed by atoms with E-state index in [4.69, 9.17) is 10.8 Å². The molecule has 0 radical (unpaired) electrons. The maximum atomic E-state index is 12.8. The second kappa shape index (κ2) is 4.96. The maximum absolute atomic E-state index is 12.8. The molecule has 94 valence electrons. The van der Waals surface area contributed by atoms with Crippen molar-refractivity contribution in [2.45, 2.75) is 5.92 Å². The summed E-state index contributed by atoms with van der Waals surface area (Å²) < 4.78 is 25.5. The van der Waals surface area contributed by atoms with Crippen molar-refractivity contribution in [2.24, 2.45) is 5.73 Å². The molecule has 1 aromatic carbocycles. The minimum atomic E-state index is -3.19. The zero-order chi connectivity index (χ0) is 13.1. The second-order valence-electron chi connectivity index (χ2n) is 3.44. The van der Waals surface area contributed by atoms with Crippen molar-refractivity contribution in [1.82, 2.24) is 5.32 Å². The maximum Gasteiger partial charge on any atom is 0.277 e. The molecule has 0 aliphatic heterocycles. The molecule has 0 spiro atoms. The summed E-state index contributed by atoms with van der Waals surface area (Å²) in [5.41, 5.74) is 4.60. The summed E-state index contributed by atoms with van der Waals surface area (Å²) in [5.74, 6) is -4.78.